The average molecular weight is 457 g/mol. The highest BCUT2D eigenvalue weighted by atomic mass is 79.9. The zero-order chi connectivity index (χ0) is 20.4. The Labute approximate surface area is 175 Å². The summed E-state index contributed by atoms with van der Waals surface area (Å²) in [4.78, 5) is 14.7. The maximum atomic E-state index is 11.3. The maximum absolute atomic E-state index is 11.3. The minimum Gasteiger partial charge on any atom is -0.481 e. The Bertz CT molecular complexity index is 1060. The lowest BCUT2D eigenvalue weighted by molar-refractivity contribution is -0.390. The molecule has 1 aliphatic heterocycles. The summed E-state index contributed by atoms with van der Waals surface area (Å²) >= 11 is 3.49. The number of aromatic nitrogens is 1. The second kappa shape index (κ2) is 8.18. The molecule has 2 aromatic carbocycles. The third-order valence-corrected chi connectivity index (χ3v) is 4.89. The van der Waals surface area contributed by atoms with Crippen molar-refractivity contribution in [1.29, 1.82) is 0 Å². The summed E-state index contributed by atoms with van der Waals surface area (Å²) in [7, 11) is 0. The highest BCUT2D eigenvalue weighted by Gasteiger charge is 2.26. The van der Waals surface area contributed by atoms with Gasteiger partial charge < -0.3 is 24.3 Å². The molecular formula is C21H17BrN2O5. The van der Waals surface area contributed by atoms with E-state index < -0.39 is 11.2 Å². The number of nitrogens with zero attached hydrogens (tertiary/aromatic N) is 2. The molecule has 1 aromatic heterocycles. The van der Waals surface area contributed by atoms with E-state index in [1.54, 1.807) is 19.1 Å². The summed E-state index contributed by atoms with van der Waals surface area (Å²) in [5.74, 6) is 0.470. The third kappa shape index (κ3) is 4.23. The summed E-state index contributed by atoms with van der Waals surface area (Å²) in [6, 6.07) is 16.7. The molecule has 7 nitrogen and oxygen atoms in total. The number of pyridine rings is 1. The third-order valence-electron chi connectivity index (χ3n) is 4.43. The predicted octanol–water partition coefficient (Wildman–Crippen LogP) is 5.25. The number of halogens is 1. The SMILES string of the molecule is Cc1ccc(OCc2cc(Br)cc3c2O[C@H](c2ccccc2)OC3)c([N+](=O)[O-])n1. The minimum atomic E-state index is -0.547. The van der Waals surface area contributed by atoms with E-state index in [0.717, 1.165) is 21.2 Å². The number of hydrogen-bond donors (Lipinski definition) is 0. The van der Waals surface area contributed by atoms with Gasteiger partial charge in [0.2, 0.25) is 12.0 Å². The first-order valence-corrected chi connectivity index (χ1v) is 9.70. The van der Waals surface area contributed by atoms with Crippen LogP contribution in [-0.2, 0) is 18.0 Å². The van der Waals surface area contributed by atoms with Crippen molar-refractivity contribution in [3.05, 3.63) is 91.6 Å². The summed E-state index contributed by atoms with van der Waals surface area (Å²) in [6.45, 7) is 2.17. The lowest BCUT2D eigenvalue weighted by atomic mass is 10.1. The molecule has 0 N–H and O–H groups in total. The average Bonchev–Trinajstić information content (AvgIpc) is 2.72. The Balaban J connectivity index is 1.61. The summed E-state index contributed by atoms with van der Waals surface area (Å²) < 4.78 is 18.6. The molecule has 4 rings (SSSR count). The molecule has 0 radical (unpaired) electrons. The minimum absolute atomic E-state index is 0.0921. The van der Waals surface area contributed by atoms with E-state index in [4.69, 9.17) is 14.2 Å². The van der Waals surface area contributed by atoms with Gasteiger partial charge in [0.1, 0.15) is 18.1 Å². The van der Waals surface area contributed by atoms with Crippen LogP contribution in [-0.4, -0.2) is 9.91 Å². The molecule has 3 aromatic rings. The van der Waals surface area contributed by atoms with Crippen LogP contribution in [0.15, 0.2) is 59.1 Å². The molecule has 0 bridgehead atoms. The van der Waals surface area contributed by atoms with Gasteiger partial charge in [-0.3, -0.25) is 0 Å². The molecule has 0 unspecified atom stereocenters. The summed E-state index contributed by atoms with van der Waals surface area (Å²) in [5, 5.41) is 11.3. The quantitative estimate of drug-likeness (QED) is 0.385. The largest absolute Gasteiger partial charge is 0.481 e. The Morgan fingerprint density at radius 3 is 2.79 bits per heavy atom. The lowest BCUT2D eigenvalue weighted by Crippen LogP contribution is -2.19. The van der Waals surface area contributed by atoms with Crippen LogP contribution in [0.5, 0.6) is 11.5 Å². The van der Waals surface area contributed by atoms with Gasteiger partial charge in [-0.15, -0.1) is 0 Å². The highest BCUT2D eigenvalue weighted by Crippen LogP contribution is 2.38. The van der Waals surface area contributed by atoms with E-state index in [1.165, 1.54) is 0 Å². The standard InChI is InChI=1S/C21H17BrN2O5/c1-13-7-8-18(20(23-13)24(25)26)27-11-15-9-17(22)10-16-12-28-21(29-19(15)16)14-5-3-2-4-6-14/h2-10,21H,11-12H2,1H3/t21-/m1/s1. The molecule has 0 saturated heterocycles. The second-order valence-electron chi connectivity index (χ2n) is 6.54. The van der Waals surface area contributed by atoms with Crippen molar-refractivity contribution in [1.82, 2.24) is 4.98 Å². The number of fused-ring (bicyclic) bond motifs is 1. The van der Waals surface area contributed by atoms with Gasteiger partial charge in [-0.25, -0.2) is 0 Å². The van der Waals surface area contributed by atoms with Crippen LogP contribution in [0.4, 0.5) is 5.82 Å². The molecule has 0 aliphatic carbocycles. The monoisotopic (exact) mass is 456 g/mol. The second-order valence-corrected chi connectivity index (χ2v) is 7.46. The Hall–Kier alpha value is -2.97. The van der Waals surface area contributed by atoms with E-state index in [2.05, 4.69) is 20.9 Å². The van der Waals surface area contributed by atoms with Gasteiger partial charge in [0, 0.05) is 28.1 Å². The Morgan fingerprint density at radius 2 is 2.03 bits per heavy atom. The predicted molar refractivity (Wildman–Crippen MR) is 109 cm³/mol. The molecule has 148 valence electrons. The van der Waals surface area contributed by atoms with Crippen molar-refractivity contribution in [2.45, 2.75) is 26.4 Å². The number of nitro groups is 1. The van der Waals surface area contributed by atoms with Crippen molar-refractivity contribution in [2.75, 3.05) is 0 Å². The fraction of sp³-hybridized carbons (Fsp3) is 0.190. The maximum Gasteiger partial charge on any atom is 0.406 e. The van der Waals surface area contributed by atoms with Crippen molar-refractivity contribution in [3.63, 3.8) is 0 Å². The zero-order valence-corrected chi connectivity index (χ0v) is 17.1. The number of benzene rings is 2. The molecular weight excluding hydrogens is 440 g/mol. The van der Waals surface area contributed by atoms with Crippen molar-refractivity contribution in [2.24, 2.45) is 0 Å². The van der Waals surface area contributed by atoms with E-state index >= 15 is 0 Å². The van der Waals surface area contributed by atoms with Gasteiger partial charge >= 0.3 is 5.82 Å². The normalized spacial score (nSPS) is 15.3. The van der Waals surface area contributed by atoms with Crippen LogP contribution >= 0.6 is 15.9 Å². The van der Waals surface area contributed by atoms with Crippen LogP contribution in [0.1, 0.15) is 28.7 Å². The molecule has 29 heavy (non-hydrogen) atoms. The molecule has 8 heteroatoms. The molecule has 1 aliphatic rings. The molecule has 0 amide bonds. The van der Waals surface area contributed by atoms with E-state index in [-0.39, 0.29) is 18.2 Å². The lowest BCUT2D eigenvalue weighted by Gasteiger charge is -2.28. The van der Waals surface area contributed by atoms with Crippen LogP contribution in [0.25, 0.3) is 0 Å². The molecule has 0 spiro atoms. The van der Waals surface area contributed by atoms with Crippen LogP contribution in [0.3, 0.4) is 0 Å². The van der Waals surface area contributed by atoms with Crippen molar-refractivity contribution < 1.29 is 19.1 Å². The topological polar surface area (TPSA) is 83.7 Å². The summed E-state index contributed by atoms with van der Waals surface area (Å²) in [5.41, 5.74) is 3.09. The van der Waals surface area contributed by atoms with Crippen LogP contribution < -0.4 is 9.47 Å². The molecule has 2 heterocycles. The highest BCUT2D eigenvalue weighted by molar-refractivity contribution is 9.10. The van der Waals surface area contributed by atoms with Gasteiger partial charge in [-0.2, -0.15) is 0 Å². The van der Waals surface area contributed by atoms with Crippen LogP contribution in [0, 0.1) is 17.0 Å². The number of ether oxygens (including phenoxy) is 3. The van der Waals surface area contributed by atoms with E-state index in [0.29, 0.717) is 18.1 Å². The first-order chi connectivity index (χ1) is 14.0. The van der Waals surface area contributed by atoms with E-state index in [9.17, 15) is 10.1 Å². The Kier molecular flexibility index (Phi) is 5.46. The smallest absolute Gasteiger partial charge is 0.406 e. The molecule has 1 atom stereocenters. The fourth-order valence-electron chi connectivity index (χ4n) is 3.09. The Morgan fingerprint density at radius 1 is 1.24 bits per heavy atom. The van der Waals surface area contributed by atoms with Crippen molar-refractivity contribution >= 4 is 21.7 Å². The van der Waals surface area contributed by atoms with Crippen molar-refractivity contribution in [3.8, 4) is 11.5 Å². The van der Waals surface area contributed by atoms with E-state index in [1.807, 2.05) is 42.5 Å². The van der Waals surface area contributed by atoms with Gasteiger partial charge in [-0.05, 0) is 34.2 Å². The molecule has 0 saturated carbocycles. The first kappa shape index (κ1) is 19.4. The summed E-state index contributed by atoms with van der Waals surface area (Å²) in [6.07, 6.45) is -0.529. The van der Waals surface area contributed by atoms with Gasteiger partial charge in [-0.1, -0.05) is 46.3 Å². The van der Waals surface area contributed by atoms with Gasteiger partial charge in [0.05, 0.1) is 6.61 Å². The zero-order valence-electron chi connectivity index (χ0n) is 15.5. The first-order valence-electron chi connectivity index (χ1n) is 8.90. The fourth-order valence-corrected chi connectivity index (χ4v) is 3.64. The van der Waals surface area contributed by atoms with Gasteiger partial charge in [0.25, 0.3) is 0 Å². The number of hydrogen-bond acceptors (Lipinski definition) is 6. The van der Waals surface area contributed by atoms with Gasteiger partial charge in [0.15, 0.2) is 0 Å². The van der Waals surface area contributed by atoms with Crippen LogP contribution in [0.2, 0.25) is 0 Å². The molecule has 0 fully saturated rings. The number of aryl methyl sites for hydroxylation is 1. The number of rotatable bonds is 5.